The number of benzene rings is 1. The molecule has 20 heavy (non-hydrogen) atoms. The van der Waals surface area contributed by atoms with Crippen LogP contribution in [0.3, 0.4) is 0 Å². The van der Waals surface area contributed by atoms with Crippen molar-refractivity contribution in [1.29, 1.82) is 0 Å². The van der Waals surface area contributed by atoms with Crippen LogP contribution in [0.4, 0.5) is 0 Å². The lowest BCUT2D eigenvalue weighted by molar-refractivity contribution is 0.303. The summed E-state index contributed by atoms with van der Waals surface area (Å²) in [4.78, 5) is 0. The minimum absolute atomic E-state index is 0.540. The van der Waals surface area contributed by atoms with E-state index in [1.807, 2.05) is 31.2 Å². The minimum Gasteiger partial charge on any atom is -0.493 e. The van der Waals surface area contributed by atoms with E-state index in [1.165, 1.54) is 5.56 Å². The molecule has 0 amide bonds. The molecule has 0 saturated carbocycles. The summed E-state index contributed by atoms with van der Waals surface area (Å²) in [5, 5.41) is 11.3. The molecule has 0 spiro atoms. The van der Waals surface area contributed by atoms with E-state index < -0.39 is 0 Å². The van der Waals surface area contributed by atoms with Gasteiger partial charge in [-0.3, -0.25) is 0 Å². The van der Waals surface area contributed by atoms with Gasteiger partial charge in [-0.15, -0.1) is 10.2 Å². The largest absolute Gasteiger partial charge is 0.493 e. The first kappa shape index (κ1) is 14.5. The lowest BCUT2D eigenvalue weighted by atomic mass is 10.2. The Labute approximate surface area is 119 Å². The van der Waals surface area contributed by atoms with E-state index in [4.69, 9.17) is 9.15 Å². The average Bonchev–Trinajstić information content (AvgIpc) is 2.87. The van der Waals surface area contributed by atoms with Gasteiger partial charge in [0.15, 0.2) is 0 Å². The van der Waals surface area contributed by atoms with Crippen molar-refractivity contribution in [2.45, 2.75) is 26.7 Å². The molecular formula is C15H21N3O2. The van der Waals surface area contributed by atoms with Gasteiger partial charge in [0.2, 0.25) is 11.8 Å². The third-order valence-electron chi connectivity index (χ3n) is 2.85. The summed E-state index contributed by atoms with van der Waals surface area (Å²) in [5.74, 6) is 2.18. The summed E-state index contributed by atoms with van der Waals surface area (Å²) in [7, 11) is 0. The van der Waals surface area contributed by atoms with Crippen molar-refractivity contribution in [3.05, 3.63) is 41.6 Å². The quantitative estimate of drug-likeness (QED) is 0.748. The van der Waals surface area contributed by atoms with E-state index in [0.29, 0.717) is 24.8 Å². The van der Waals surface area contributed by atoms with Gasteiger partial charge in [0.25, 0.3) is 0 Å². The van der Waals surface area contributed by atoms with Gasteiger partial charge in [0.05, 0.1) is 13.0 Å². The number of likely N-dealkylation sites (N-methyl/N-ethyl adjacent to an activating group) is 1. The first-order valence-electron chi connectivity index (χ1n) is 6.99. The van der Waals surface area contributed by atoms with E-state index in [1.54, 1.807) is 0 Å². The molecule has 108 valence electrons. The number of aryl methyl sites for hydroxylation is 1. The zero-order valence-corrected chi connectivity index (χ0v) is 12.1. The van der Waals surface area contributed by atoms with Crippen LogP contribution in [0.25, 0.3) is 0 Å². The van der Waals surface area contributed by atoms with E-state index in [-0.39, 0.29) is 0 Å². The third kappa shape index (κ3) is 4.66. The molecule has 5 nitrogen and oxygen atoms in total. The first-order chi connectivity index (χ1) is 9.78. The van der Waals surface area contributed by atoms with Crippen LogP contribution in [0.5, 0.6) is 5.75 Å². The van der Waals surface area contributed by atoms with Gasteiger partial charge in [0, 0.05) is 13.0 Å². The Balaban J connectivity index is 1.74. The van der Waals surface area contributed by atoms with E-state index >= 15 is 0 Å². The summed E-state index contributed by atoms with van der Waals surface area (Å²) in [5.41, 5.74) is 1.19. The molecule has 1 heterocycles. The number of rotatable bonds is 8. The van der Waals surface area contributed by atoms with Crippen molar-refractivity contribution in [3.63, 3.8) is 0 Å². The minimum atomic E-state index is 0.540. The Morgan fingerprint density at radius 1 is 1.20 bits per heavy atom. The zero-order valence-electron chi connectivity index (χ0n) is 12.1. The Bertz CT molecular complexity index is 525. The molecule has 5 heteroatoms. The molecule has 0 unspecified atom stereocenters. The molecule has 0 bridgehead atoms. The van der Waals surface area contributed by atoms with Crippen molar-refractivity contribution >= 4 is 0 Å². The molecule has 0 atom stereocenters. The van der Waals surface area contributed by atoms with Gasteiger partial charge < -0.3 is 14.5 Å². The molecule has 0 aliphatic carbocycles. The van der Waals surface area contributed by atoms with Crippen LogP contribution in [0.1, 0.15) is 24.3 Å². The number of nitrogens with one attached hydrogen (secondary N) is 1. The van der Waals surface area contributed by atoms with E-state index in [0.717, 1.165) is 25.3 Å². The van der Waals surface area contributed by atoms with Crippen molar-refractivity contribution in [3.8, 4) is 5.75 Å². The lowest BCUT2D eigenvalue weighted by Gasteiger charge is -2.04. The van der Waals surface area contributed by atoms with Crippen LogP contribution < -0.4 is 10.1 Å². The number of nitrogens with zero attached hydrogens (tertiary/aromatic N) is 2. The summed E-state index contributed by atoms with van der Waals surface area (Å²) in [6.45, 7) is 6.46. The Morgan fingerprint density at radius 3 is 2.75 bits per heavy atom. The van der Waals surface area contributed by atoms with Crippen molar-refractivity contribution < 1.29 is 9.15 Å². The molecule has 1 N–H and O–H groups in total. The van der Waals surface area contributed by atoms with E-state index in [2.05, 4.69) is 22.4 Å². The molecule has 0 aliphatic heterocycles. The first-order valence-corrected chi connectivity index (χ1v) is 6.99. The van der Waals surface area contributed by atoms with E-state index in [9.17, 15) is 0 Å². The Kier molecular flexibility index (Phi) is 5.55. The van der Waals surface area contributed by atoms with Gasteiger partial charge in [-0.1, -0.05) is 19.1 Å². The number of hydrogen-bond donors (Lipinski definition) is 1. The summed E-state index contributed by atoms with van der Waals surface area (Å²) < 4.78 is 11.2. The third-order valence-corrected chi connectivity index (χ3v) is 2.85. The second-order valence-electron chi connectivity index (χ2n) is 4.61. The summed E-state index contributed by atoms with van der Waals surface area (Å²) in [6.07, 6.45) is 1.39. The monoisotopic (exact) mass is 275 g/mol. The molecule has 1 aromatic heterocycles. The topological polar surface area (TPSA) is 60.2 Å². The number of ether oxygens (including phenoxy) is 1. The molecular weight excluding hydrogens is 254 g/mol. The maximum atomic E-state index is 5.66. The summed E-state index contributed by atoms with van der Waals surface area (Å²) >= 11 is 0. The fourth-order valence-corrected chi connectivity index (χ4v) is 1.82. The van der Waals surface area contributed by atoms with Crippen LogP contribution in [0, 0.1) is 6.92 Å². The normalized spacial score (nSPS) is 10.7. The summed E-state index contributed by atoms with van der Waals surface area (Å²) in [6, 6.07) is 7.98. The highest BCUT2D eigenvalue weighted by molar-refractivity contribution is 5.27. The predicted octanol–water partition coefficient (Wildman–Crippen LogP) is 2.15. The number of hydrogen-bond acceptors (Lipinski definition) is 5. The van der Waals surface area contributed by atoms with Crippen LogP contribution in [0.15, 0.2) is 28.7 Å². The zero-order chi connectivity index (χ0) is 14.2. The standard InChI is InChI=1S/C15H21N3O2/c1-3-16-9-7-14-17-18-15(20-14)8-10-19-13-6-4-5-12(2)11-13/h4-6,11,16H,3,7-10H2,1-2H3. The molecule has 0 radical (unpaired) electrons. The molecule has 0 saturated heterocycles. The van der Waals surface area contributed by atoms with Gasteiger partial charge in [-0.05, 0) is 31.2 Å². The van der Waals surface area contributed by atoms with Gasteiger partial charge >= 0.3 is 0 Å². The maximum Gasteiger partial charge on any atom is 0.219 e. The second-order valence-corrected chi connectivity index (χ2v) is 4.61. The van der Waals surface area contributed by atoms with Crippen molar-refractivity contribution in [2.75, 3.05) is 19.7 Å². The molecule has 0 fully saturated rings. The highest BCUT2D eigenvalue weighted by Gasteiger charge is 2.06. The van der Waals surface area contributed by atoms with Gasteiger partial charge in [-0.25, -0.2) is 0 Å². The smallest absolute Gasteiger partial charge is 0.219 e. The van der Waals surface area contributed by atoms with Crippen LogP contribution in [-0.2, 0) is 12.8 Å². The highest BCUT2D eigenvalue weighted by atomic mass is 16.5. The lowest BCUT2D eigenvalue weighted by Crippen LogP contribution is -2.16. The maximum absolute atomic E-state index is 5.66. The SMILES string of the molecule is CCNCCc1nnc(CCOc2cccc(C)c2)o1. The Hall–Kier alpha value is -1.88. The second kappa shape index (κ2) is 7.65. The predicted molar refractivity (Wildman–Crippen MR) is 76.9 cm³/mol. The highest BCUT2D eigenvalue weighted by Crippen LogP contribution is 2.12. The average molecular weight is 275 g/mol. The molecule has 1 aromatic carbocycles. The number of aromatic nitrogens is 2. The fraction of sp³-hybridized carbons (Fsp3) is 0.467. The van der Waals surface area contributed by atoms with Gasteiger partial charge in [0.1, 0.15) is 5.75 Å². The van der Waals surface area contributed by atoms with Crippen LogP contribution >= 0.6 is 0 Å². The molecule has 2 aromatic rings. The molecule has 0 aliphatic rings. The fourth-order valence-electron chi connectivity index (χ4n) is 1.82. The van der Waals surface area contributed by atoms with Crippen molar-refractivity contribution in [2.24, 2.45) is 0 Å². The van der Waals surface area contributed by atoms with Crippen molar-refractivity contribution in [1.82, 2.24) is 15.5 Å². The molecule has 2 rings (SSSR count). The van der Waals surface area contributed by atoms with Crippen LogP contribution in [-0.4, -0.2) is 29.9 Å². The Morgan fingerprint density at radius 2 is 2.00 bits per heavy atom. The van der Waals surface area contributed by atoms with Gasteiger partial charge in [-0.2, -0.15) is 0 Å². The van der Waals surface area contributed by atoms with Crippen LogP contribution in [0.2, 0.25) is 0 Å².